The number of hydrogen-bond donors (Lipinski definition) is 1. The molecule has 4 nitrogen and oxygen atoms in total. The predicted octanol–water partition coefficient (Wildman–Crippen LogP) is 0.694. The average molecular weight is 189 g/mol. The molecule has 0 aromatic carbocycles. The zero-order valence-corrected chi connectivity index (χ0v) is 8.41. The van der Waals surface area contributed by atoms with Gasteiger partial charge in [0.2, 0.25) is 0 Å². The molecule has 78 valence electrons. The third kappa shape index (κ3) is 6.54. The highest BCUT2D eigenvalue weighted by Gasteiger charge is 2.13. The van der Waals surface area contributed by atoms with Gasteiger partial charge in [-0.3, -0.25) is 4.79 Å². The summed E-state index contributed by atoms with van der Waals surface area (Å²) in [6, 6.07) is -0.545. The first-order valence-corrected chi connectivity index (χ1v) is 4.63. The number of carbonyl (C=O) groups excluding carboxylic acids is 1. The first-order chi connectivity index (χ1) is 6.22. The van der Waals surface area contributed by atoms with E-state index in [1.54, 1.807) is 7.11 Å². The summed E-state index contributed by atoms with van der Waals surface area (Å²) in [6.45, 7) is 3.00. The summed E-state index contributed by atoms with van der Waals surface area (Å²) in [5.74, 6) is -0.328. The maximum atomic E-state index is 11.1. The minimum Gasteiger partial charge on any atom is -0.465 e. The van der Waals surface area contributed by atoms with Gasteiger partial charge in [0, 0.05) is 13.7 Å². The fraction of sp³-hybridized carbons (Fsp3) is 0.889. The predicted molar refractivity (Wildman–Crippen MR) is 50.3 cm³/mol. The molecule has 0 heterocycles. The molecular formula is C9H19NO3. The number of hydrogen-bond acceptors (Lipinski definition) is 4. The van der Waals surface area contributed by atoms with Gasteiger partial charge in [-0.2, -0.15) is 0 Å². The number of carbonyl (C=O) groups is 1. The quantitative estimate of drug-likeness (QED) is 0.473. The number of unbranched alkanes of at least 4 members (excludes halogenated alkanes) is 1. The van der Waals surface area contributed by atoms with Crippen molar-refractivity contribution in [1.29, 1.82) is 0 Å². The second-order valence-corrected chi connectivity index (χ2v) is 2.91. The SMILES string of the molecule is CCCCOC(=O)C(N)CCOC. The number of methoxy groups -OCH3 is 1. The summed E-state index contributed by atoms with van der Waals surface area (Å²) in [4.78, 5) is 11.1. The van der Waals surface area contributed by atoms with Crippen LogP contribution in [0.15, 0.2) is 0 Å². The van der Waals surface area contributed by atoms with Gasteiger partial charge in [0.25, 0.3) is 0 Å². The van der Waals surface area contributed by atoms with Gasteiger partial charge in [-0.1, -0.05) is 13.3 Å². The number of ether oxygens (including phenoxy) is 2. The first-order valence-electron chi connectivity index (χ1n) is 4.63. The molecule has 0 aliphatic heterocycles. The number of esters is 1. The molecule has 0 bridgehead atoms. The van der Waals surface area contributed by atoms with Crippen molar-refractivity contribution in [2.45, 2.75) is 32.2 Å². The molecule has 13 heavy (non-hydrogen) atoms. The van der Waals surface area contributed by atoms with E-state index >= 15 is 0 Å². The molecule has 0 aromatic heterocycles. The Bertz CT molecular complexity index is 139. The van der Waals surface area contributed by atoms with Crippen molar-refractivity contribution in [2.24, 2.45) is 5.73 Å². The Morgan fingerprint density at radius 3 is 2.69 bits per heavy atom. The van der Waals surface area contributed by atoms with Crippen LogP contribution in [-0.4, -0.2) is 32.3 Å². The van der Waals surface area contributed by atoms with Crippen molar-refractivity contribution < 1.29 is 14.3 Å². The summed E-state index contributed by atoms with van der Waals surface area (Å²) in [5.41, 5.74) is 5.53. The summed E-state index contributed by atoms with van der Waals surface area (Å²) >= 11 is 0. The largest absolute Gasteiger partial charge is 0.465 e. The van der Waals surface area contributed by atoms with Gasteiger partial charge in [-0.15, -0.1) is 0 Å². The van der Waals surface area contributed by atoms with Crippen LogP contribution in [0.4, 0.5) is 0 Å². The van der Waals surface area contributed by atoms with Gasteiger partial charge in [0.1, 0.15) is 6.04 Å². The van der Waals surface area contributed by atoms with Crippen LogP contribution in [0, 0.1) is 0 Å². The topological polar surface area (TPSA) is 61.5 Å². The zero-order chi connectivity index (χ0) is 10.1. The van der Waals surface area contributed by atoms with E-state index in [0.717, 1.165) is 12.8 Å². The van der Waals surface area contributed by atoms with Crippen LogP contribution in [0.5, 0.6) is 0 Å². The smallest absolute Gasteiger partial charge is 0.322 e. The lowest BCUT2D eigenvalue weighted by Gasteiger charge is -2.10. The Balaban J connectivity index is 3.45. The third-order valence-electron chi connectivity index (χ3n) is 1.68. The van der Waals surface area contributed by atoms with Crippen LogP contribution in [0.25, 0.3) is 0 Å². The van der Waals surface area contributed by atoms with Gasteiger partial charge < -0.3 is 15.2 Å². The highest BCUT2D eigenvalue weighted by molar-refractivity contribution is 5.75. The van der Waals surface area contributed by atoms with Gasteiger partial charge >= 0.3 is 5.97 Å². The second kappa shape index (κ2) is 8.01. The minimum atomic E-state index is -0.545. The van der Waals surface area contributed by atoms with Gasteiger partial charge in [-0.25, -0.2) is 0 Å². The van der Waals surface area contributed by atoms with E-state index in [1.165, 1.54) is 0 Å². The monoisotopic (exact) mass is 189 g/mol. The minimum absolute atomic E-state index is 0.328. The van der Waals surface area contributed by atoms with Crippen LogP contribution < -0.4 is 5.73 Å². The van der Waals surface area contributed by atoms with E-state index in [0.29, 0.717) is 19.6 Å². The van der Waals surface area contributed by atoms with E-state index in [4.69, 9.17) is 15.2 Å². The molecule has 0 saturated carbocycles. The van der Waals surface area contributed by atoms with E-state index in [9.17, 15) is 4.79 Å². The molecule has 2 N–H and O–H groups in total. The lowest BCUT2D eigenvalue weighted by molar-refractivity contribution is -0.145. The molecule has 0 aliphatic carbocycles. The van der Waals surface area contributed by atoms with Crippen molar-refractivity contribution in [3.8, 4) is 0 Å². The molecule has 0 aromatic rings. The third-order valence-corrected chi connectivity index (χ3v) is 1.68. The molecule has 0 spiro atoms. The summed E-state index contributed by atoms with van der Waals surface area (Å²) in [7, 11) is 1.58. The fourth-order valence-corrected chi connectivity index (χ4v) is 0.787. The zero-order valence-electron chi connectivity index (χ0n) is 8.41. The van der Waals surface area contributed by atoms with Crippen molar-refractivity contribution in [2.75, 3.05) is 20.3 Å². The van der Waals surface area contributed by atoms with Crippen molar-refractivity contribution in [3.05, 3.63) is 0 Å². The molecule has 0 saturated heterocycles. The molecule has 0 fully saturated rings. The van der Waals surface area contributed by atoms with Crippen molar-refractivity contribution >= 4 is 5.97 Å². The maximum absolute atomic E-state index is 11.1. The molecule has 4 heteroatoms. The molecule has 0 radical (unpaired) electrons. The Hall–Kier alpha value is -0.610. The summed E-state index contributed by atoms with van der Waals surface area (Å²) in [5, 5.41) is 0. The van der Waals surface area contributed by atoms with Crippen LogP contribution >= 0.6 is 0 Å². The van der Waals surface area contributed by atoms with E-state index in [2.05, 4.69) is 0 Å². The normalized spacial score (nSPS) is 12.5. The van der Waals surface area contributed by atoms with Crippen LogP contribution in [0.3, 0.4) is 0 Å². The van der Waals surface area contributed by atoms with Crippen LogP contribution in [0.2, 0.25) is 0 Å². The van der Waals surface area contributed by atoms with Gasteiger partial charge in [0.05, 0.1) is 6.61 Å². The van der Waals surface area contributed by atoms with E-state index < -0.39 is 6.04 Å². The van der Waals surface area contributed by atoms with Gasteiger partial charge in [-0.05, 0) is 12.8 Å². The molecular weight excluding hydrogens is 170 g/mol. The average Bonchev–Trinajstić information content (AvgIpc) is 2.14. The molecule has 0 amide bonds. The van der Waals surface area contributed by atoms with Crippen LogP contribution in [-0.2, 0) is 14.3 Å². The Morgan fingerprint density at radius 2 is 2.15 bits per heavy atom. The lowest BCUT2D eigenvalue weighted by atomic mass is 10.2. The first kappa shape index (κ1) is 12.4. The molecule has 0 aliphatic rings. The Morgan fingerprint density at radius 1 is 1.46 bits per heavy atom. The lowest BCUT2D eigenvalue weighted by Crippen LogP contribution is -2.33. The molecule has 0 rings (SSSR count). The van der Waals surface area contributed by atoms with Gasteiger partial charge in [0.15, 0.2) is 0 Å². The molecule has 1 unspecified atom stereocenters. The fourth-order valence-electron chi connectivity index (χ4n) is 0.787. The van der Waals surface area contributed by atoms with Crippen molar-refractivity contribution in [1.82, 2.24) is 0 Å². The second-order valence-electron chi connectivity index (χ2n) is 2.91. The standard InChI is InChI=1S/C9H19NO3/c1-3-4-6-13-9(11)8(10)5-7-12-2/h8H,3-7,10H2,1-2H3. The van der Waals surface area contributed by atoms with Crippen LogP contribution in [0.1, 0.15) is 26.2 Å². The number of rotatable bonds is 7. The van der Waals surface area contributed by atoms with E-state index in [1.807, 2.05) is 6.92 Å². The number of nitrogens with two attached hydrogens (primary N) is 1. The van der Waals surface area contributed by atoms with Crippen molar-refractivity contribution in [3.63, 3.8) is 0 Å². The van der Waals surface area contributed by atoms with E-state index in [-0.39, 0.29) is 5.97 Å². The highest BCUT2D eigenvalue weighted by atomic mass is 16.5. The summed E-state index contributed by atoms with van der Waals surface area (Å²) in [6.07, 6.45) is 2.42. The maximum Gasteiger partial charge on any atom is 0.322 e. The Kier molecular flexibility index (Phi) is 7.63. The molecule has 1 atom stereocenters. The highest BCUT2D eigenvalue weighted by Crippen LogP contribution is 1.95. The Labute approximate surface area is 79.4 Å². The summed E-state index contributed by atoms with van der Waals surface area (Å²) < 4.78 is 9.72.